The number of aromatic amines is 1. The third-order valence-corrected chi connectivity index (χ3v) is 2.53. The largest absolute Gasteiger partial charge is 0.399 e. The van der Waals surface area contributed by atoms with Gasteiger partial charge in [-0.15, -0.1) is 0 Å². The first-order chi connectivity index (χ1) is 7.22. The van der Waals surface area contributed by atoms with E-state index < -0.39 is 0 Å². The van der Waals surface area contributed by atoms with Crippen LogP contribution >= 0.6 is 0 Å². The lowest BCUT2D eigenvalue weighted by atomic mass is 10.2. The number of fused-ring (bicyclic) bond motifs is 1. The predicted molar refractivity (Wildman–Crippen MR) is 61.9 cm³/mol. The van der Waals surface area contributed by atoms with E-state index in [0.717, 1.165) is 30.4 Å². The first-order valence-corrected chi connectivity index (χ1v) is 5.20. The Morgan fingerprint density at radius 3 is 3.00 bits per heavy atom. The van der Waals surface area contributed by atoms with Crippen LogP contribution in [0.3, 0.4) is 0 Å². The van der Waals surface area contributed by atoms with Gasteiger partial charge < -0.3 is 10.7 Å². The van der Waals surface area contributed by atoms with Crippen molar-refractivity contribution in [2.75, 3.05) is 5.73 Å². The summed E-state index contributed by atoms with van der Waals surface area (Å²) in [5.74, 6) is 0. The zero-order chi connectivity index (χ0) is 10.8. The van der Waals surface area contributed by atoms with Crippen LogP contribution in [0.5, 0.6) is 0 Å². The number of rotatable bonds is 3. The highest BCUT2D eigenvalue weighted by Gasteiger charge is 2.05. The Morgan fingerprint density at radius 2 is 2.27 bits per heavy atom. The van der Waals surface area contributed by atoms with Gasteiger partial charge >= 0.3 is 5.69 Å². The van der Waals surface area contributed by atoms with E-state index in [1.807, 2.05) is 12.1 Å². The molecule has 0 fully saturated rings. The van der Waals surface area contributed by atoms with E-state index in [9.17, 15) is 4.79 Å². The number of nitrogens with two attached hydrogens (primary N) is 1. The molecule has 4 heteroatoms. The molecule has 0 aliphatic carbocycles. The highest BCUT2D eigenvalue weighted by Crippen LogP contribution is 2.14. The molecule has 0 atom stereocenters. The highest BCUT2D eigenvalue weighted by molar-refractivity contribution is 5.78. The number of H-pyrrole nitrogens is 1. The summed E-state index contributed by atoms with van der Waals surface area (Å²) in [6.07, 6.45) is 2.09. The molecule has 2 aromatic rings. The molecule has 3 N–H and O–H groups in total. The van der Waals surface area contributed by atoms with Crippen molar-refractivity contribution in [1.29, 1.82) is 0 Å². The third kappa shape index (κ3) is 1.75. The van der Waals surface area contributed by atoms with Gasteiger partial charge in [0.1, 0.15) is 0 Å². The van der Waals surface area contributed by atoms with Gasteiger partial charge in [-0.1, -0.05) is 13.3 Å². The second-order valence-corrected chi connectivity index (χ2v) is 3.71. The van der Waals surface area contributed by atoms with Gasteiger partial charge in [0.2, 0.25) is 0 Å². The molecule has 0 aliphatic heterocycles. The monoisotopic (exact) mass is 205 g/mol. The van der Waals surface area contributed by atoms with E-state index in [4.69, 9.17) is 5.73 Å². The first-order valence-electron chi connectivity index (χ1n) is 5.20. The zero-order valence-electron chi connectivity index (χ0n) is 8.79. The predicted octanol–water partition coefficient (Wildman–Crippen LogP) is 1.71. The number of unbranched alkanes of at least 4 members (excludes halogenated alkanes) is 1. The zero-order valence-corrected chi connectivity index (χ0v) is 8.79. The van der Waals surface area contributed by atoms with Gasteiger partial charge in [-0.3, -0.25) is 4.57 Å². The molecular weight excluding hydrogens is 190 g/mol. The summed E-state index contributed by atoms with van der Waals surface area (Å²) < 4.78 is 1.76. The summed E-state index contributed by atoms with van der Waals surface area (Å²) in [6, 6.07) is 5.50. The molecule has 0 unspecified atom stereocenters. The van der Waals surface area contributed by atoms with Crippen LogP contribution in [0.15, 0.2) is 23.0 Å². The lowest BCUT2D eigenvalue weighted by molar-refractivity contribution is 0.629. The molecule has 0 aliphatic rings. The Balaban J connectivity index is 2.53. The van der Waals surface area contributed by atoms with Crippen LogP contribution in [0.4, 0.5) is 5.69 Å². The average Bonchev–Trinajstić information content (AvgIpc) is 2.50. The molecule has 0 spiro atoms. The quantitative estimate of drug-likeness (QED) is 0.749. The van der Waals surface area contributed by atoms with Crippen LogP contribution in [-0.2, 0) is 6.54 Å². The standard InChI is InChI=1S/C11H15N3O/c1-2-3-6-14-10-5-4-8(12)7-9(10)13-11(14)15/h4-5,7H,2-3,6,12H2,1H3,(H,13,15). The lowest BCUT2D eigenvalue weighted by Crippen LogP contribution is -2.16. The minimum atomic E-state index is -0.0518. The first kappa shape index (κ1) is 9.83. The Kier molecular flexibility index (Phi) is 2.49. The summed E-state index contributed by atoms with van der Waals surface area (Å²) in [7, 11) is 0. The molecule has 0 radical (unpaired) electrons. The average molecular weight is 205 g/mol. The van der Waals surface area contributed by atoms with E-state index in [2.05, 4.69) is 11.9 Å². The van der Waals surface area contributed by atoms with E-state index in [1.54, 1.807) is 10.6 Å². The van der Waals surface area contributed by atoms with Crippen molar-refractivity contribution in [2.45, 2.75) is 26.3 Å². The highest BCUT2D eigenvalue weighted by atomic mass is 16.1. The number of imidazole rings is 1. The summed E-state index contributed by atoms with van der Waals surface area (Å²) in [5, 5.41) is 0. The van der Waals surface area contributed by atoms with Crippen LogP contribution in [0.25, 0.3) is 11.0 Å². The molecular formula is C11H15N3O. The number of aromatic nitrogens is 2. The van der Waals surface area contributed by atoms with E-state index in [1.165, 1.54) is 0 Å². The van der Waals surface area contributed by atoms with Crippen molar-refractivity contribution in [1.82, 2.24) is 9.55 Å². The number of nitrogen functional groups attached to an aromatic ring is 1. The Hall–Kier alpha value is -1.71. The van der Waals surface area contributed by atoms with Crippen LogP contribution in [0, 0.1) is 0 Å². The number of nitrogens with one attached hydrogen (secondary N) is 1. The number of aryl methyl sites for hydroxylation is 1. The van der Waals surface area contributed by atoms with Gasteiger partial charge in [0.05, 0.1) is 11.0 Å². The number of benzene rings is 1. The van der Waals surface area contributed by atoms with Gasteiger partial charge in [-0.05, 0) is 24.6 Å². The van der Waals surface area contributed by atoms with Gasteiger partial charge in [-0.2, -0.15) is 0 Å². The normalized spacial score (nSPS) is 11.0. The summed E-state index contributed by atoms with van der Waals surface area (Å²) in [6.45, 7) is 2.87. The number of hydrogen-bond donors (Lipinski definition) is 2. The van der Waals surface area contributed by atoms with E-state index >= 15 is 0 Å². The number of hydrogen-bond acceptors (Lipinski definition) is 2. The molecule has 2 rings (SSSR count). The lowest BCUT2D eigenvalue weighted by Gasteiger charge is -2.01. The minimum Gasteiger partial charge on any atom is -0.399 e. The minimum absolute atomic E-state index is 0.0518. The molecule has 80 valence electrons. The molecule has 4 nitrogen and oxygen atoms in total. The van der Waals surface area contributed by atoms with Crippen molar-refractivity contribution in [2.24, 2.45) is 0 Å². The molecule has 1 aromatic heterocycles. The fourth-order valence-corrected chi connectivity index (χ4v) is 1.72. The topological polar surface area (TPSA) is 63.8 Å². The maximum Gasteiger partial charge on any atom is 0.326 e. The van der Waals surface area contributed by atoms with E-state index in [-0.39, 0.29) is 5.69 Å². The molecule has 0 amide bonds. The Bertz CT molecular complexity index is 524. The van der Waals surface area contributed by atoms with E-state index in [0.29, 0.717) is 5.69 Å². The molecule has 15 heavy (non-hydrogen) atoms. The fraction of sp³-hybridized carbons (Fsp3) is 0.364. The van der Waals surface area contributed by atoms with Crippen LogP contribution < -0.4 is 11.4 Å². The Morgan fingerprint density at radius 1 is 1.47 bits per heavy atom. The Labute approximate surface area is 87.7 Å². The third-order valence-electron chi connectivity index (χ3n) is 2.53. The summed E-state index contributed by atoms with van der Waals surface area (Å²) in [4.78, 5) is 14.4. The molecule has 0 saturated carbocycles. The van der Waals surface area contributed by atoms with Crippen LogP contribution in [0.2, 0.25) is 0 Å². The maximum absolute atomic E-state index is 11.6. The molecule has 1 aromatic carbocycles. The number of anilines is 1. The molecule has 0 bridgehead atoms. The maximum atomic E-state index is 11.6. The molecule has 0 saturated heterocycles. The van der Waals surface area contributed by atoms with Crippen molar-refractivity contribution in [3.05, 3.63) is 28.7 Å². The van der Waals surface area contributed by atoms with Crippen molar-refractivity contribution in [3.8, 4) is 0 Å². The second kappa shape index (κ2) is 3.81. The molecule has 1 heterocycles. The van der Waals surface area contributed by atoms with Gasteiger partial charge in [-0.25, -0.2) is 4.79 Å². The van der Waals surface area contributed by atoms with Gasteiger partial charge in [0, 0.05) is 12.2 Å². The van der Waals surface area contributed by atoms with Crippen LogP contribution in [-0.4, -0.2) is 9.55 Å². The smallest absolute Gasteiger partial charge is 0.326 e. The second-order valence-electron chi connectivity index (χ2n) is 3.71. The SMILES string of the molecule is CCCCn1c(=O)[nH]c2cc(N)ccc21. The van der Waals surface area contributed by atoms with Crippen molar-refractivity contribution >= 4 is 16.7 Å². The van der Waals surface area contributed by atoms with Gasteiger partial charge in [0.15, 0.2) is 0 Å². The summed E-state index contributed by atoms with van der Waals surface area (Å²) in [5.41, 5.74) is 8.02. The van der Waals surface area contributed by atoms with Crippen molar-refractivity contribution < 1.29 is 0 Å². The van der Waals surface area contributed by atoms with Crippen molar-refractivity contribution in [3.63, 3.8) is 0 Å². The summed E-state index contributed by atoms with van der Waals surface area (Å²) >= 11 is 0. The van der Waals surface area contributed by atoms with Crippen LogP contribution in [0.1, 0.15) is 19.8 Å². The fourth-order valence-electron chi connectivity index (χ4n) is 1.72. The number of nitrogens with zero attached hydrogens (tertiary/aromatic N) is 1. The van der Waals surface area contributed by atoms with Gasteiger partial charge in [0.25, 0.3) is 0 Å².